The SMILES string of the molecule is C[C@@H](O)[C@@H]1[C@H](CO)C[C@@H]2CCCC[C@H]2[C@@H]1/C=C/c1ccc(-c2cccc(C(F)(F)F)c2)cn1. The van der Waals surface area contributed by atoms with Gasteiger partial charge in [0.2, 0.25) is 0 Å². The monoisotopic (exact) mass is 459 g/mol. The summed E-state index contributed by atoms with van der Waals surface area (Å²) in [4.78, 5) is 4.46. The number of pyridine rings is 1. The van der Waals surface area contributed by atoms with Gasteiger partial charge in [0.1, 0.15) is 0 Å². The molecule has 6 atom stereocenters. The van der Waals surface area contributed by atoms with E-state index in [4.69, 9.17) is 0 Å². The summed E-state index contributed by atoms with van der Waals surface area (Å²) >= 11 is 0. The number of alkyl halides is 3. The Morgan fingerprint density at radius 1 is 1.12 bits per heavy atom. The molecule has 0 bridgehead atoms. The molecule has 0 unspecified atom stereocenters. The van der Waals surface area contributed by atoms with Gasteiger partial charge in [-0.05, 0) is 79.2 Å². The van der Waals surface area contributed by atoms with Crippen molar-refractivity contribution in [3.63, 3.8) is 0 Å². The minimum Gasteiger partial charge on any atom is -0.396 e. The highest BCUT2D eigenvalue weighted by Crippen LogP contribution is 2.50. The van der Waals surface area contributed by atoms with Crippen LogP contribution >= 0.6 is 0 Å². The fraction of sp³-hybridized carbons (Fsp3) is 0.519. The third kappa shape index (κ3) is 5.33. The molecule has 0 aliphatic heterocycles. The van der Waals surface area contributed by atoms with E-state index >= 15 is 0 Å². The van der Waals surface area contributed by atoms with Gasteiger partial charge in [-0.2, -0.15) is 13.2 Å². The second-order valence-electron chi connectivity index (χ2n) is 9.69. The lowest BCUT2D eigenvalue weighted by atomic mass is 9.57. The maximum absolute atomic E-state index is 13.0. The van der Waals surface area contributed by atoms with Crippen molar-refractivity contribution < 1.29 is 23.4 Å². The van der Waals surface area contributed by atoms with Crippen LogP contribution in [0, 0.1) is 29.6 Å². The summed E-state index contributed by atoms with van der Waals surface area (Å²) < 4.78 is 39.1. The molecule has 2 fully saturated rings. The number of hydrogen-bond donors (Lipinski definition) is 2. The van der Waals surface area contributed by atoms with E-state index in [0.717, 1.165) is 30.7 Å². The number of aromatic nitrogens is 1. The van der Waals surface area contributed by atoms with E-state index in [1.54, 1.807) is 18.3 Å². The van der Waals surface area contributed by atoms with E-state index in [-0.39, 0.29) is 24.4 Å². The first kappa shape index (κ1) is 24.0. The molecule has 2 N–H and O–H groups in total. The van der Waals surface area contributed by atoms with E-state index in [0.29, 0.717) is 23.0 Å². The molecule has 1 aromatic carbocycles. The first-order chi connectivity index (χ1) is 15.8. The van der Waals surface area contributed by atoms with Crippen LogP contribution in [0.1, 0.15) is 50.3 Å². The zero-order chi connectivity index (χ0) is 23.6. The molecule has 4 rings (SSSR count). The summed E-state index contributed by atoms with van der Waals surface area (Å²) in [5.41, 5.74) is 1.16. The number of fused-ring (bicyclic) bond motifs is 1. The van der Waals surface area contributed by atoms with Crippen LogP contribution in [0.2, 0.25) is 0 Å². The van der Waals surface area contributed by atoms with Gasteiger partial charge in [-0.3, -0.25) is 4.98 Å². The minimum absolute atomic E-state index is 0.00924. The smallest absolute Gasteiger partial charge is 0.396 e. The number of halogens is 3. The van der Waals surface area contributed by atoms with E-state index in [9.17, 15) is 23.4 Å². The lowest BCUT2D eigenvalue weighted by Gasteiger charge is -2.49. The van der Waals surface area contributed by atoms with Crippen molar-refractivity contribution in [1.29, 1.82) is 0 Å². The standard InChI is InChI=1S/C27H32F3NO2/c1-17(33)26-21(16-32)13-19-5-2-3-8-24(19)25(26)12-11-23-10-9-20(15-31-23)18-6-4-7-22(14-18)27(28,29)30/h4,6-7,9-12,14-15,17,19,21,24-26,32-33H,2-3,5,8,13,16H2,1H3/b12-11+/t17-,19+,21+,24-,25+,26-/m1/s1. The molecular formula is C27H32F3NO2. The predicted octanol–water partition coefficient (Wildman–Crippen LogP) is 6.21. The second kappa shape index (κ2) is 9.98. The largest absolute Gasteiger partial charge is 0.416 e. The van der Waals surface area contributed by atoms with E-state index in [1.807, 2.05) is 19.1 Å². The third-order valence-electron chi connectivity index (χ3n) is 7.65. The van der Waals surface area contributed by atoms with Crippen molar-refractivity contribution in [2.75, 3.05) is 6.61 Å². The highest BCUT2D eigenvalue weighted by Gasteiger charge is 2.45. The van der Waals surface area contributed by atoms with Crippen molar-refractivity contribution in [2.24, 2.45) is 29.6 Å². The molecule has 1 heterocycles. The quantitative estimate of drug-likeness (QED) is 0.559. The lowest BCUT2D eigenvalue weighted by molar-refractivity contribution is -0.137. The molecular weight excluding hydrogens is 427 g/mol. The van der Waals surface area contributed by atoms with Gasteiger partial charge in [0.25, 0.3) is 0 Å². The van der Waals surface area contributed by atoms with Gasteiger partial charge in [0.05, 0.1) is 17.4 Å². The number of rotatable bonds is 5. The summed E-state index contributed by atoms with van der Waals surface area (Å²) in [7, 11) is 0. The number of allylic oxidation sites excluding steroid dienone is 1. The number of aliphatic hydroxyl groups is 2. The molecule has 2 saturated carbocycles. The van der Waals surface area contributed by atoms with Crippen LogP contribution in [-0.4, -0.2) is 27.9 Å². The fourth-order valence-corrected chi connectivity index (χ4v) is 6.12. The van der Waals surface area contributed by atoms with Gasteiger partial charge in [-0.25, -0.2) is 0 Å². The Hall–Kier alpha value is -2.18. The molecule has 0 amide bonds. The Kier molecular flexibility index (Phi) is 7.25. The van der Waals surface area contributed by atoms with E-state index in [2.05, 4.69) is 11.1 Å². The normalized spacial score (nSPS) is 29.1. The third-order valence-corrected chi connectivity index (χ3v) is 7.65. The van der Waals surface area contributed by atoms with Crippen molar-refractivity contribution in [3.05, 3.63) is 59.9 Å². The van der Waals surface area contributed by atoms with Crippen molar-refractivity contribution in [1.82, 2.24) is 4.98 Å². The van der Waals surface area contributed by atoms with Crippen LogP contribution in [0.15, 0.2) is 48.7 Å². The summed E-state index contributed by atoms with van der Waals surface area (Å²) in [6.07, 6.45) is 6.55. The van der Waals surface area contributed by atoms with Crippen molar-refractivity contribution in [3.8, 4) is 11.1 Å². The molecule has 6 heteroatoms. The van der Waals surface area contributed by atoms with Crippen molar-refractivity contribution in [2.45, 2.75) is 51.3 Å². The molecule has 2 aromatic rings. The van der Waals surface area contributed by atoms with Crippen LogP contribution < -0.4 is 0 Å². The Labute approximate surface area is 193 Å². The van der Waals surface area contributed by atoms with Crippen LogP contribution in [-0.2, 0) is 6.18 Å². The molecule has 0 radical (unpaired) electrons. The molecule has 178 valence electrons. The Morgan fingerprint density at radius 3 is 2.58 bits per heavy atom. The van der Waals surface area contributed by atoms with Crippen LogP contribution in [0.25, 0.3) is 17.2 Å². The van der Waals surface area contributed by atoms with Crippen LogP contribution in [0.3, 0.4) is 0 Å². The highest BCUT2D eigenvalue weighted by atomic mass is 19.4. The number of aliphatic hydroxyl groups excluding tert-OH is 2. The highest BCUT2D eigenvalue weighted by molar-refractivity contribution is 5.64. The van der Waals surface area contributed by atoms with Crippen molar-refractivity contribution >= 4 is 6.08 Å². The molecule has 0 saturated heterocycles. The average molecular weight is 460 g/mol. The predicted molar refractivity (Wildman–Crippen MR) is 123 cm³/mol. The van der Waals surface area contributed by atoms with Crippen LogP contribution in [0.5, 0.6) is 0 Å². The fourth-order valence-electron chi connectivity index (χ4n) is 6.12. The molecule has 2 aliphatic rings. The second-order valence-corrected chi connectivity index (χ2v) is 9.69. The van der Waals surface area contributed by atoms with Gasteiger partial charge in [-0.15, -0.1) is 0 Å². The Morgan fingerprint density at radius 2 is 1.91 bits per heavy atom. The number of benzene rings is 1. The number of nitrogens with zero attached hydrogens (tertiary/aromatic N) is 1. The summed E-state index contributed by atoms with van der Waals surface area (Å²) in [6.45, 7) is 1.91. The topological polar surface area (TPSA) is 53.4 Å². The van der Waals surface area contributed by atoms with E-state index in [1.165, 1.54) is 25.3 Å². The zero-order valence-corrected chi connectivity index (χ0v) is 18.9. The van der Waals surface area contributed by atoms with Gasteiger partial charge in [0.15, 0.2) is 0 Å². The van der Waals surface area contributed by atoms with E-state index < -0.39 is 17.8 Å². The van der Waals surface area contributed by atoms with Gasteiger partial charge in [0, 0.05) is 18.4 Å². The summed E-state index contributed by atoms with van der Waals surface area (Å²) in [5.74, 6) is 1.36. The first-order valence-corrected chi connectivity index (χ1v) is 11.9. The molecule has 3 nitrogen and oxygen atoms in total. The van der Waals surface area contributed by atoms with Crippen LogP contribution in [0.4, 0.5) is 13.2 Å². The zero-order valence-electron chi connectivity index (χ0n) is 18.9. The van der Waals surface area contributed by atoms with Gasteiger partial charge in [-0.1, -0.05) is 43.5 Å². The average Bonchev–Trinajstić information content (AvgIpc) is 2.81. The first-order valence-electron chi connectivity index (χ1n) is 11.9. The molecule has 2 aliphatic carbocycles. The Balaban J connectivity index is 1.56. The maximum Gasteiger partial charge on any atom is 0.416 e. The maximum atomic E-state index is 13.0. The molecule has 1 aromatic heterocycles. The lowest BCUT2D eigenvalue weighted by Crippen LogP contribution is -2.46. The summed E-state index contributed by atoms with van der Waals surface area (Å²) in [5, 5.41) is 20.5. The van der Waals surface area contributed by atoms with Gasteiger partial charge >= 0.3 is 6.18 Å². The number of hydrogen-bond acceptors (Lipinski definition) is 3. The van der Waals surface area contributed by atoms with Gasteiger partial charge < -0.3 is 10.2 Å². The Bertz CT molecular complexity index is 955. The summed E-state index contributed by atoms with van der Waals surface area (Å²) in [6, 6.07) is 8.86. The molecule has 0 spiro atoms. The minimum atomic E-state index is -4.38. The molecule has 33 heavy (non-hydrogen) atoms.